The summed E-state index contributed by atoms with van der Waals surface area (Å²) in [6, 6.07) is 13.3. The smallest absolute Gasteiger partial charge is 0.123 e. The molecule has 0 fully saturated rings. The molecule has 2 unspecified atom stereocenters. The Morgan fingerprint density at radius 3 is 2.46 bits per heavy atom. The third-order valence-electron chi connectivity index (χ3n) is 5.42. The predicted molar refractivity (Wildman–Crippen MR) is 109 cm³/mol. The third-order valence-corrected chi connectivity index (χ3v) is 5.42. The number of rotatable bonds is 4. The molecule has 2 aromatic carbocycles. The predicted octanol–water partition coefficient (Wildman–Crippen LogP) is 6.36. The Kier molecular flexibility index (Phi) is 5.51. The van der Waals surface area contributed by atoms with E-state index >= 15 is 0 Å². The second kappa shape index (κ2) is 7.82. The van der Waals surface area contributed by atoms with Crippen LogP contribution in [0.3, 0.4) is 0 Å². The van der Waals surface area contributed by atoms with Gasteiger partial charge in [0.25, 0.3) is 0 Å². The number of benzene rings is 2. The van der Waals surface area contributed by atoms with E-state index in [1.54, 1.807) is 6.07 Å². The molecule has 0 saturated heterocycles. The molecule has 0 aromatic heterocycles. The van der Waals surface area contributed by atoms with Gasteiger partial charge in [0.15, 0.2) is 0 Å². The van der Waals surface area contributed by atoms with Crippen molar-refractivity contribution in [2.24, 2.45) is 11.8 Å². The first-order valence-electron chi connectivity index (χ1n) is 9.42. The summed E-state index contributed by atoms with van der Waals surface area (Å²) >= 11 is 0. The molecule has 0 radical (unpaired) electrons. The molecule has 1 aliphatic rings. The van der Waals surface area contributed by atoms with Crippen LogP contribution in [0.2, 0.25) is 0 Å². The monoisotopic (exact) mass is 348 g/mol. The van der Waals surface area contributed by atoms with Crippen molar-refractivity contribution in [1.29, 1.82) is 0 Å². The molecule has 136 valence electrons. The number of allylic oxidation sites excluding steroid dienone is 2. The average Bonchev–Trinajstić information content (AvgIpc) is 2.60. The number of phenols is 2. The summed E-state index contributed by atoms with van der Waals surface area (Å²) in [5.74, 6) is 1.46. The van der Waals surface area contributed by atoms with E-state index in [0.717, 1.165) is 29.5 Å². The fourth-order valence-electron chi connectivity index (χ4n) is 4.03. The van der Waals surface area contributed by atoms with E-state index in [-0.39, 0.29) is 17.4 Å². The van der Waals surface area contributed by atoms with E-state index in [9.17, 15) is 10.2 Å². The van der Waals surface area contributed by atoms with E-state index < -0.39 is 0 Å². The molecular formula is C24H28O2. The summed E-state index contributed by atoms with van der Waals surface area (Å²) in [5, 5.41) is 20.7. The molecule has 2 nitrogen and oxygen atoms in total. The molecule has 0 saturated carbocycles. The first-order valence-corrected chi connectivity index (χ1v) is 9.42. The standard InChI is InChI=1S/C24H28O2/c1-16(2)21-12-9-17(3)13-22(21)24-19(14-20(25)15-23(24)26)11-10-18-7-5-4-6-8-18/h4-8,10-11,13-16,21-22,25-26H,9,12H2,1-3H3. The minimum absolute atomic E-state index is 0.0940. The van der Waals surface area contributed by atoms with Crippen LogP contribution in [0.15, 0.2) is 54.1 Å². The van der Waals surface area contributed by atoms with Crippen LogP contribution in [0, 0.1) is 11.8 Å². The maximum Gasteiger partial charge on any atom is 0.123 e. The highest BCUT2D eigenvalue weighted by Gasteiger charge is 2.30. The number of phenolic OH excluding ortho intramolecular Hbond substituents is 2. The molecule has 0 heterocycles. The summed E-state index contributed by atoms with van der Waals surface area (Å²) in [7, 11) is 0. The van der Waals surface area contributed by atoms with Gasteiger partial charge in [-0.05, 0) is 48.8 Å². The third kappa shape index (κ3) is 4.01. The van der Waals surface area contributed by atoms with Gasteiger partial charge < -0.3 is 10.2 Å². The van der Waals surface area contributed by atoms with Gasteiger partial charge in [-0.3, -0.25) is 0 Å². The maximum absolute atomic E-state index is 10.7. The normalized spacial score (nSPS) is 20.5. The van der Waals surface area contributed by atoms with Gasteiger partial charge in [-0.25, -0.2) is 0 Å². The van der Waals surface area contributed by atoms with Gasteiger partial charge in [-0.2, -0.15) is 0 Å². The van der Waals surface area contributed by atoms with Crippen LogP contribution in [-0.4, -0.2) is 10.2 Å². The van der Waals surface area contributed by atoms with Crippen molar-refractivity contribution in [1.82, 2.24) is 0 Å². The lowest BCUT2D eigenvalue weighted by atomic mass is 9.71. The summed E-state index contributed by atoms with van der Waals surface area (Å²) < 4.78 is 0. The number of aromatic hydroxyl groups is 2. The Balaban J connectivity index is 2.08. The minimum Gasteiger partial charge on any atom is -0.508 e. The lowest BCUT2D eigenvalue weighted by molar-refractivity contribution is 0.309. The molecule has 1 aliphatic carbocycles. The molecule has 2 aromatic rings. The van der Waals surface area contributed by atoms with Gasteiger partial charge in [-0.15, -0.1) is 0 Å². The fraction of sp³-hybridized carbons (Fsp3) is 0.333. The molecule has 26 heavy (non-hydrogen) atoms. The summed E-state index contributed by atoms with van der Waals surface area (Å²) in [6.45, 7) is 6.67. The van der Waals surface area contributed by atoms with Crippen molar-refractivity contribution < 1.29 is 10.2 Å². The molecule has 0 amide bonds. The zero-order valence-corrected chi connectivity index (χ0v) is 15.8. The van der Waals surface area contributed by atoms with Gasteiger partial charge in [-0.1, -0.05) is 68.0 Å². The minimum atomic E-state index is 0.0940. The van der Waals surface area contributed by atoms with E-state index in [0.29, 0.717) is 11.8 Å². The largest absolute Gasteiger partial charge is 0.508 e. The van der Waals surface area contributed by atoms with Crippen molar-refractivity contribution >= 4 is 12.2 Å². The van der Waals surface area contributed by atoms with Gasteiger partial charge in [0.1, 0.15) is 11.5 Å². The van der Waals surface area contributed by atoms with Gasteiger partial charge in [0.05, 0.1) is 0 Å². The Bertz CT molecular complexity index is 816. The lowest BCUT2D eigenvalue weighted by Crippen LogP contribution is -2.21. The summed E-state index contributed by atoms with van der Waals surface area (Å²) in [6.07, 6.45) is 8.58. The molecular weight excluding hydrogens is 320 g/mol. The van der Waals surface area contributed by atoms with Crippen molar-refractivity contribution in [3.63, 3.8) is 0 Å². The van der Waals surface area contributed by atoms with E-state index in [2.05, 4.69) is 26.8 Å². The van der Waals surface area contributed by atoms with Crippen molar-refractivity contribution in [2.45, 2.75) is 39.5 Å². The van der Waals surface area contributed by atoms with Crippen molar-refractivity contribution in [2.75, 3.05) is 0 Å². The Morgan fingerprint density at radius 2 is 1.77 bits per heavy atom. The molecule has 0 bridgehead atoms. The maximum atomic E-state index is 10.7. The van der Waals surface area contributed by atoms with E-state index in [4.69, 9.17) is 0 Å². The van der Waals surface area contributed by atoms with Crippen LogP contribution in [0.5, 0.6) is 11.5 Å². The van der Waals surface area contributed by atoms with Crippen molar-refractivity contribution in [3.05, 3.63) is 70.8 Å². The van der Waals surface area contributed by atoms with Gasteiger partial charge in [0.2, 0.25) is 0 Å². The second-order valence-corrected chi connectivity index (χ2v) is 7.70. The van der Waals surface area contributed by atoms with Gasteiger partial charge in [0, 0.05) is 17.5 Å². The first kappa shape index (κ1) is 18.3. The SMILES string of the molecule is CC1=CC(c2c(O)cc(O)cc2C=Cc2ccccc2)C(C(C)C)CC1. The molecule has 2 heteroatoms. The molecule has 2 N–H and O–H groups in total. The lowest BCUT2D eigenvalue weighted by Gasteiger charge is -2.34. The van der Waals surface area contributed by atoms with Crippen LogP contribution in [-0.2, 0) is 0 Å². The average molecular weight is 348 g/mol. The van der Waals surface area contributed by atoms with Crippen LogP contribution in [0.4, 0.5) is 0 Å². The Hall–Kier alpha value is -2.48. The summed E-state index contributed by atoms with van der Waals surface area (Å²) in [5.41, 5.74) is 4.27. The Morgan fingerprint density at radius 1 is 1.04 bits per heavy atom. The van der Waals surface area contributed by atoms with E-state index in [1.165, 1.54) is 11.6 Å². The zero-order chi connectivity index (χ0) is 18.7. The summed E-state index contributed by atoms with van der Waals surface area (Å²) in [4.78, 5) is 0. The number of hydrogen-bond donors (Lipinski definition) is 2. The van der Waals surface area contributed by atoms with Crippen LogP contribution in [0.1, 0.15) is 56.2 Å². The highest BCUT2D eigenvalue weighted by Crippen LogP contribution is 2.45. The van der Waals surface area contributed by atoms with Crippen LogP contribution < -0.4 is 0 Å². The topological polar surface area (TPSA) is 40.5 Å². The van der Waals surface area contributed by atoms with Crippen molar-refractivity contribution in [3.8, 4) is 11.5 Å². The van der Waals surface area contributed by atoms with Crippen LogP contribution >= 0.6 is 0 Å². The zero-order valence-electron chi connectivity index (χ0n) is 15.8. The molecule has 2 atom stereocenters. The molecule has 0 spiro atoms. The number of hydrogen-bond acceptors (Lipinski definition) is 2. The van der Waals surface area contributed by atoms with E-state index in [1.807, 2.05) is 42.5 Å². The second-order valence-electron chi connectivity index (χ2n) is 7.70. The molecule has 3 rings (SSSR count). The quantitative estimate of drug-likeness (QED) is 0.498. The highest BCUT2D eigenvalue weighted by molar-refractivity contribution is 5.74. The molecule has 0 aliphatic heterocycles. The van der Waals surface area contributed by atoms with Gasteiger partial charge >= 0.3 is 0 Å². The highest BCUT2D eigenvalue weighted by atomic mass is 16.3. The fourth-order valence-corrected chi connectivity index (χ4v) is 4.03. The first-order chi connectivity index (χ1) is 12.5. The Labute approximate surface area is 156 Å². The van der Waals surface area contributed by atoms with Crippen LogP contribution in [0.25, 0.3) is 12.2 Å².